The van der Waals surface area contributed by atoms with Gasteiger partial charge in [0.1, 0.15) is 15.8 Å². The monoisotopic (exact) mass is 280 g/mol. The number of rotatable bonds is 4. The van der Waals surface area contributed by atoms with Gasteiger partial charge in [-0.3, -0.25) is 0 Å². The third-order valence-corrected chi connectivity index (χ3v) is 4.12. The number of nitrogen functional groups attached to an aromatic ring is 1. The quantitative estimate of drug-likeness (QED) is 0.841. The summed E-state index contributed by atoms with van der Waals surface area (Å²) in [6.45, 7) is 6.91. The molecule has 0 unspecified atom stereocenters. The summed E-state index contributed by atoms with van der Waals surface area (Å²) in [6.07, 6.45) is 2.13. The van der Waals surface area contributed by atoms with Gasteiger partial charge in [-0.1, -0.05) is 11.6 Å². The van der Waals surface area contributed by atoms with Gasteiger partial charge in [0.25, 0.3) is 0 Å². The number of hydrogen-bond acceptors (Lipinski definition) is 6. The first-order valence-corrected chi connectivity index (χ1v) is 7.28. The van der Waals surface area contributed by atoms with Crippen LogP contribution in [-0.2, 0) is 0 Å². The lowest BCUT2D eigenvalue weighted by Gasteiger charge is -2.02. The van der Waals surface area contributed by atoms with Crippen molar-refractivity contribution in [2.45, 2.75) is 20.8 Å². The third-order valence-electron chi connectivity index (χ3n) is 2.32. The Bertz CT molecular complexity index is 564. The zero-order valence-electron chi connectivity index (χ0n) is 10.7. The molecule has 2 heterocycles. The molecule has 0 aliphatic rings. The van der Waals surface area contributed by atoms with Crippen LogP contribution in [0.4, 0.5) is 10.8 Å². The van der Waals surface area contributed by atoms with Crippen LogP contribution in [0.15, 0.2) is 17.0 Å². The Labute approximate surface area is 115 Å². The van der Waals surface area contributed by atoms with E-state index in [-0.39, 0.29) is 0 Å². The fourth-order valence-corrected chi connectivity index (χ4v) is 3.09. The molecule has 6 heteroatoms. The molecule has 0 atom stereocenters. The maximum atomic E-state index is 5.92. The minimum absolute atomic E-state index is 0.550. The minimum atomic E-state index is 0.550. The van der Waals surface area contributed by atoms with E-state index >= 15 is 0 Å². The molecule has 18 heavy (non-hydrogen) atoms. The summed E-state index contributed by atoms with van der Waals surface area (Å²) < 4.78 is 4.20. The van der Waals surface area contributed by atoms with Crippen LogP contribution in [0.1, 0.15) is 19.5 Å². The van der Waals surface area contributed by atoms with Crippen LogP contribution in [0, 0.1) is 6.92 Å². The van der Waals surface area contributed by atoms with Gasteiger partial charge in [0.2, 0.25) is 0 Å². The van der Waals surface area contributed by atoms with Crippen LogP contribution in [-0.4, -0.2) is 15.9 Å². The average molecular weight is 280 g/mol. The highest BCUT2D eigenvalue weighted by molar-refractivity contribution is 7.15. The van der Waals surface area contributed by atoms with E-state index in [1.165, 1.54) is 17.1 Å². The van der Waals surface area contributed by atoms with Gasteiger partial charge in [-0.05, 0) is 32.3 Å². The van der Waals surface area contributed by atoms with Crippen molar-refractivity contribution in [1.82, 2.24) is 9.36 Å². The molecule has 0 bridgehead atoms. The molecular weight excluding hydrogens is 264 g/mol. The Hall–Kier alpha value is -1.40. The Morgan fingerprint density at radius 2 is 2.28 bits per heavy atom. The fraction of sp³-hybridized carbons (Fsp3) is 0.333. The summed E-state index contributed by atoms with van der Waals surface area (Å²) in [7, 11) is 0. The van der Waals surface area contributed by atoms with Crippen molar-refractivity contribution in [3.8, 4) is 10.6 Å². The lowest BCUT2D eigenvalue weighted by Crippen LogP contribution is -1.98. The molecule has 3 N–H and O–H groups in total. The summed E-state index contributed by atoms with van der Waals surface area (Å²) in [5, 5.41) is 7.27. The molecule has 2 rings (SSSR count). The molecule has 0 amide bonds. The van der Waals surface area contributed by atoms with Crippen LogP contribution in [0.3, 0.4) is 0 Å². The lowest BCUT2D eigenvalue weighted by atomic mass is 10.3. The average Bonchev–Trinajstić information content (AvgIpc) is 2.85. The second-order valence-corrected chi connectivity index (χ2v) is 5.86. The molecule has 0 fully saturated rings. The third kappa shape index (κ3) is 2.88. The first-order valence-electron chi connectivity index (χ1n) is 5.63. The highest BCUT2D eigenvalue weighted by atomic mass is 32.1. The number of allylic oxidation sites excluding steroid dienone is 1. The highest BCUT2D eigenvalue weighted by Crippen LogP contribution is 2.38. The van der Waals surface area contributed by atoms with E-state index in [0.717, 1.165) is 27.8 Å². The highest BCUT2D eigenvalue weighted by Gasteiger charge is 2.15. The first-order chi connectivity index (χ1) is 8.58. The SMILES string of the molecule is CC(C)=CCNc1snc(N)c1-c1nc(C)cs1. The summed E-state index contributed by atoms with van der Waals surface area (Å²) >= 11 is 2.98. The number of anilines is 2. The molecule has 4 nitrogen and oxygen atoms in total. The number of nitrogens with two attached hydrogens (primary N) is 1. The maximum absolute atomic E-state index is 5.92. The Balaban J connectivity index is 2.25. The van der Waals surface area contributed by atoms with Gasteiger partial charge in [0, 0.05) is 17.6 Å². The van der Waals surface area contributed by atoms with Gasteiger partial charge in [0.15, 0.2) is 0 Å². The van der Waals surface area contributed by atoms with Gasteiger partial charge in [-0.15, -0.1) is 11.3 Å². The Morgan fingerprint density at radius 1 is 1.50 bits per heavy atom. The van der Waals surface area contributed by atoms with Crippen LogP contribution in [0.25, 0.3) is 10.6 Å². The van der Waals surface area contributed by atoms with Gasteiger partial charge < -0.3 is 11.1 Å². The number of aryl methyl sites for hydroxylation is 1. The van der Waals surface area contributed by atoms with E-state index in [0.29, 0.717) is 5.82 Å². The number of aromatic nitrogens is 2. The van der Waals surface area contributed by atoms with Crippen molar-refractivity contribution in [1.29, 1.82) is 0 Å². The van der Waals surface area contributed by atoms with E-state index in [4.69, 9.17) is 5.73 Å². The minimum Gasteiger partial charge on any atom is -0.382 e. The normalized spacial score (nSPS) is 10.4. The fourth-order valence-electron chi connectivity index (χ4n) is 1.45. The van der Waals surface area contributed by atoms with E-state index < -0.39 is 0 Å². The predicted octanol–water partition coefficient (Wildman–Crippen LogP) is 3.54. The van der Waals surface area contributed by atoms with Crippen LogP contribution in [0.2, 0.25) is 0 Å². The van der Waals surface area contributed by atoms with Gasteiger partial charge in [-0.25, -0.2) is 4.98 Å². The van der Waals surface area contributed by atoms with Crippen molar-refractivity contribution in [2.75, 3.05) is 17.6 Å². The van der Waals surface area contributed by atoms with Crippen molar-refractivity contribution in [2.24, 2.45) is 0 Å². The molecular formula is C12H16N4S2. The van der Waals surface area contributed by atoms with E-state index in [2.05, 4.69) is 34.6 Å². The molecule has 0 aromatic carbocycles. The Morgan fingerprint density at radius 3 is 2.89 bits per heavy atom. The van der Waals surface area contributed by atoms with Crippen molar-refractivity contribution in [3.05, 3.63) is 22.7 Å². The van der Waals surface area contributed by atoms with Crippen molar-refractivity contribution < 1.29 is 0 Å². The molecule has 0 spiro atoms. The molecule has 0 saturated heterocycles. The Kier molecular flexibility index (Phi) is 3.98. The van der Waals surface area contributed by atoms with Gasteiger partial charge in [0.05, 0.1) is 5.56 Å². The van der Waals surface area contributed by atoms with Gasteiger partial charge in [-0.2, -0.15) is 4.37 Å². The number of hydrogen-bond donors (Lipinski definition) is 2. The van der Waals surface area contributed by atoms with E-state index in [9.17, 15) is 0 Å². The molecule has 2 aromatic heterocycles. The van der Waals surface area contributed by atoms with Crippen LogP contribution < -0.4 is 11.1 Å². The first kappa shape index (κ1) is 13.0. The number of nitrogens with one attached hydrogen (secondary N) is 1. The predicted molar refractivity (Wildman–Crippen MR) is 80.3 cm³/mol. The van der Waals surface area contributed by atoms with Crippen molar-refractivity contribution >= 4 is 33.7 Å². The summed E-state index contributed by atoms with van der Waals surface area (Å²) in [5.74, 6) is 0.550. The zero-order valence-corrected chi connectivity index (χ0v) is 12.3. The number of thiazole rings is 1. The number of nitrogens with zero attached hydrogens (tertiary/aromatic N) is 2. The maximum Gasteiger partial charge on any atom is 0.149 e. The van der Waals surface area contributed by atoms with Crippen LogP contribution >= 0.6 is 22.9 Å². The second-order valence-electron chi connectivity index (χ2n) is 4.23. The van der Waals surface area contributed by atoms with E-state index in [1.54, 1.807) is 11.3 Å². The lowest BCUT2D eigenvalue weighted by molar-refractivity contribution is 1.26. The standard InChI is InChI=1S/C12H16N4S2/c1-7(2)4-5-14-11-9(10(13)16-18-11)12-15-8(3)6-17-12/h4,6,14H,5H2,1-3H3,(H2,13,16). The molecule has 0 aliphatic carbocycles. The van der Waals surface area contributed by atoms with Gasteiger partial charge >= 0.3 is 0 Å². The summed E-state index contributed by atoms with van der Waals surface area (Å²) in [4.78, 5) is 4.47. The molecule has 96 valence electrons. The zero-order chi connectivity index (χ0) is 13.1. The van der Waals surface area contributed by atoms with Crippen molar-refractivity contribution in [3.63, 3.8) is 0 Å². The second kappa shape index (κ2) is 5.49. The largest absolute Gasteiger partial charge is 0.382 e. The molecule has 2 aromatic rings. The van der Waals surface area contributed by atoms with E-state index in [1.807, 2.05) is 12.3 Å². The topological polar surface area (TPSA) is 63.8 Å². The molecule has 0 radical (unpaired) electrons. The summed E-state index contributed by atoms with van der Waals surface area (Å²) in [5.41, 5.74) is 9.15. The molecule has 0 aliphatic heterocycles. The molecule has 0 saturated carbocycles. The van der Waals surface area contributed by atoms with Crippen LogP contribution in [0.5, 0.6) is 0 Å². The smallest absolute Gasteiger partial charge is 0.149 e. The summed E-state index contributed by atoms with van der Waals surface area (Å²) in [6, 6.07) is 0.